The number of morpholine rings is 1. The van der Waals surface area contributed by atoms with Crippen molar-refractivity contribution in [1.29, 1.82) is 0 Å². The molecule has 0 aliphatic carbocycles. The monoisotopic (exact) mass is 242 g/mol. The lowest BCUT2D eigenvalue weighted by Gasteiger charge is -2.46. The SMILES string of the molecule is CCNCC(C)(CC)CN1CCOCC1(C)C. The molecule has 1 fully saturated rings. The summed E-state index contributed by atoms with van der Waals surface area (Å²) in [5.41, 5.74) is 0.547. The van der Waals surface area contributed by atoms with E-state index in [9.17, 15) is 0 Å². The minimum absolute atomic E-state index is 0.181. The molecular weight excluding hydrogens is 212 g/mol. The lowest BCUT2D eigenvalue weighted by molar-refractivity contribution is -0.0666. The maximum atomic E-state index is 5.59. The Kier molecular flexibility index (Phi) is 5.42. The highest BCUT2D eigenvalue weighted by atomic mass is 16.5. The molecule has 17 heavy (non-hydrogen) atoms. The van der Waals surface area contributed by atoms with E-state index in [1.165, 1.54) is 6.42 Å². The molecule has 0 spiro atoms. The summed E-state index contributed by atoms with van der Waals surface area (Å²) in [6.07, 6.45) is 1.22. The Balaban J connectivity index is 2.59. The van der Waals surface area contributed by atoms with Crippen LogP contribution in [0.4, 0.5) is 0 Å². The molecule has 1 unspecified atom stereocenters. The number of hydrogen-bond donors (Lipinski definition) is 1. The second kappa shape index (κ2) is 6.17. The van der Waals surface area contributed by atoms with Crippen LogP contribution >= 0.6 is 0 Å². The average molecular weight is 242 g/mol. The van der Waals surface area contributed by atoms with Gasteiger partial charge in [0.05, 0.1) is 13.2 Å². The van der Waals surface area contributed by atoms with E-state index in [4.69, 9.17) is 4.74 Å². The van der Waals surface area contributed by atoms with Crippen LogP contribution in [0, 0.1) is 5.41 Å². The third-order valence-corrected chi connectivity index (χ3v) is 4.04. The Labute approximate surface area is 107 Å². The Morgan fingerprint density at radius 1 is 1.35 bits per heavy atom. The van der Waals surface area contributed by atoms with Crippen molar-refractivity contribution in [3.63, 3.8) is 0 Å². The molecule has 1 N–H and O–H groups in total. The Hall–Kier alpha value is -0.120. The van der Waals surface area contributed by atoms with Crippen molar-refractivity contribution in [3.8, 4) is 0 Å². The number of nitrogens with one attached hydrogen (secondary N) is 1. The molecule has 1 aliphatic rings. The van der Waals surface area contributed by atoms with Crippen LogP contribution in [-0.4, -0.2) is 49.8 Å². The van der Waals surface area contributed by atoms with Crippen molar-refractivity contribution < 1.29 is 4.74 Å². The van der Waals surface area contributed by atoms with Crippen molar-refractivity contribution in [2.45, 2.75) is 46.6 Å². The first kappa shape index (κ1) is 14.9. The molecule has 0 aromatic heterocycles. The van der Waals surface area contributed by atoms with Gasteiger partial charge in [0.2, 0.25) is 0 Å². The van der Waals surface area contributed by atoms with Crippen LogP contribution in [0.3, 0.4) is 0 Å². The van der Waals surface area contributed by atoms with Crippen molar-refractivity contribution in [1.82, 2.24) is 10.2 Å². The van der Waals surface area contributed by atoms with Gasteiger partial charge in [0.1, 0.15) is 0 Å². The number of nitrogens with zero attached hydrogens (tertiary/aromatic N) is 1. The first-order chi connectivity index (χ1) is 7.93. The standard InChI is InChI=1S/C14H30N2O/c1-6-14(5,10-15-7-2)11-16-8-9-17-12-13(16,3)4/h15H,6-12H2,1-5H3. The van der Waals surface area contributed by atoms with E-state index in [1.807, 2.05) is 0 Å². The van der Waals surface area contributed by atoms with E-state index in [2.05, 4.69) is 44.8 Å². The summed E-state index contributed by atoms with van der Waals surface area (Å²) in [6, 6.07) is 0. The summed E-state index contributed by atoms with van der Waals surface area (Å²) in [5.74, 6) is 0. The van der Waals surface area contributed by atoms with Crippen LogP contribution in [0.5, 0.6) is 0 Å². The highest BCUT2D eigenvalue weighted by Gasteiger charge is 2.35. The molecule has 1 rings (SSSR count). The summed E-state index contributed by atoms with van der Waals surface area (Å²) in [5, 5.41) is 3.50. The van der Waals surface area contributed by atoms with Crippen LogP contribution < -0.4 is 5.32 Å². The fourth-order valence-corrected chi connectivity index (χ4v) is 2.36. The third kappa shape index (κ3) is 4.23. The van der Waals surface area contributed by atoms with Gasteiger partial charge >= 0.3 is 0 Å². The normalized spacial score (nSPS) is 24.5. The summed E-state index contributed by atoms with van der Waals surface area (Å²) < 4.78 is 5.59. The van der Waals surface area contributed by atoms with Crippen LogP contribution in [0.25, 0.3) is 0 Å². The Morgan fingerprint density at radius 3 is 2.59 bits per heavy atom. The van der Waals surface area contributed by atoms with Crippen molar-refractivity contribution in [2.24, 2.45) is 5.41 Å². The second-order valence-electron chi connectivity index (χ2n) is 6.23. The summed E-state index contributed by atoms with van der Waals surface area (Å²) in [6.45, 7) is 17.6. The Bertz CT molecular complexity index is 230. The molecule has 0 radical (unpaired) electrons. The molecule has 0 amide bonds. The molecule has 0 aromatic carbocycles. The van der Waals surface area contributed by atoms with Gasteiger partial charge in [-0.3, -0.25) is 4.90 Å². The maximum absolute atomic E-state index is 5.59. The highest BCUT2D eigenvalue weighted by Crippen LogP contribution is 2.27. The summed E-state index contributed by atoms with van der Waals surface area (Å²) in [7, 11) is 0. The zero-order valence-electron chi connectivity index (χ0n) is 12.3. The van der Waals surface area contributed by atoms with Gasteiger partial charge in [-0.2, -0.15) is 0 Å². The van der Waals surface area contributed by atoms with E-state index >= 15 is 0 Å². The van der Waals surface area contributed by atoms with E-state index < -0.39 is 0 Å². The topological polar surface area (TPSA) is 24.5 Å². The number of rotatable bonds is 6. The quantitative estimate of drug-likeness (QED) is 0.772. The molecule has 1 saturated heterocycles. The second-order valence-corrected chi connectivity index (χ2v) is 6.23. The summed E-state index contributed by atoms with van der Waals surface area (Å²) >= 11 is 0. The van der Waals surface area contributed by atoms with E-state index in [0.717, 1.165) is 39.4 Å². The van der Waals surface area contributed by atoms with Gasteiger partial charge in [0.25, 0.3) is 0 Å². The zero-order chi connectivity index (χ0) is 12.9. The minimum atomic E-state index is 0.181. The number of ether oxygens (including phenoxy) is 1. The molecule has 1 atom stereocenters. The highest BCUT2D eigenvalue weighted by molar-refractivity contribution is 4.89. The lowest BCUT2D eigenvalue weighted by Crippen LogP contribution is -2.57. The predicted octanol–water partition coefficient (Wildman–Crippen LogP) is 2.12. The largest absolute Gasteiger partial charge is 0.378 e. The molecule has 3 nitrogen and oxygen atoms in total. The molecule has 0 aromatic rings. The molecule has 3 heteroatoms. The van der Waals surface area contributed by atoms with E-state index in [-0.39, 0.29) is 5.54 Å². The van der Waals surface area contributed by atoms with E-state index in [0.29, 0.717) is 5.41 Å². The zero-order valence-corrected chi connectivity index (χ0v) is 12.3. The molecule has 0 saturated carbocycles. The molecule has 1 heterocycles. The lowest BCUT2D eigenvalue weighted by atomic mass is 9.85. The van der Waals surface area contributed by atoms with Gasteiger partial charge in [0, 0.05) is 25.2 Å². The minimum Gasteiger partial charge on any atom is -0.378 e. The summed E-state index contributed by atoms with van der Waals surface area (Å²) in [4.78, 5) is 2.59. The predicted molar refractivity (Wildman–Crippen MR) is 73.4 cm³/mol. The Morgan fingerprint density at radius 2 is 2.06 bits per heavy atom. The molecule has 0 bridgehead atoms. The van der Waals surface area contributed by atoms with Crippen LogP contribution in [0.2, 0.25) is 0 Å². The van der Waals surface area contributed by atoms with Crippen LogP contribution in [0.1, 0.15) is 41.0 Å². The molecule has 1 aliphatic heterocycles. The van der Waals surface area contributed by atoms with Gasteiger partial charge in [-0.15, -0.1) is 0 Å². The van der Waals surface area contributed by atoms with Gasteiger partial charge in [-0.1, -0.05) is 20.8 Å². The number of hydrogen-bond acceptors (Lipinski definition) is 3. The molecule has 102 valence electrons. The first-order valence-electron chi connectivity index (χ1n) is 6.97. The van der Waals surface area contributed by atoms with Crippen LogP contribution in [0.15, 0.2) is 0 Å². The van der Waals surface area contributed by atoms with Crippen LogP contribution in [-0.2, 0) is 4.74 Å². The van der Waals surface area contributed by atoms with Gasteiger partial charge in [-0.25, -0.2) is 0 Å². The fraction of sp³-hybridized carbons (Fsp3) is 1.00. The van der Waals surface area contributed by atoms with E-state index in [1.54, 1.807) is 0 Å². The van der Waals surface area contributed by atoms with Crippen molar-refractivity contribution >= 4 is 0 Å². The van der Waals surface area contributed by atoms with Crippen molar-refractivity contribution in [2.75, 3.05) is 39.4 Å². The van der Waals surface area contributed by atoms with Crippen molar-refractivity contribution in [3.05, 3.63) is 0 Å². The smallest absolute Gasteiger partial charge is 0.0645 e. The van der Waals surface area contributed by atoms with Gasteiger partial charge < -0.3 is 10.1 Å². The third-order valence-electron chi connectivity index (χ3n) is 4.04. The average Bonchev–Trinajstić information content (AvgIpc) is 2.29. The fourth-order valence-electron chi connectivity index (χ4n) is 2.36. The van der Waals surface area contributed by atoms with Gasteiger partial charge in [0.15, 0.2) is 0 Å². The van der Waals surface area contributed by atoms with Gasteiger partial charge in [-0.05, 0) is 32.2 Å². The maximum Gasteiger partial charge on any atom is 0.0645 e. The first-order valence-corrected chi connectivity index (χ1v) is 6.97. The molecular formula is C14H30N2O.